The summed E-state index contributed by atoms with van der Waals surface area (Å²) in [5.74, 6) is 0.414. The Morgan fingerprint density at radius 1 is 1.45 bits per heavy atom. The SMILES string of the molecule is Nc1nnc(CCCNC(=O)COc2cccnc2)s1. The molecule has 7 nitrogen and oxygen atoms in total. The summed E-state index contributed by atoms with van der Waals surface area (Å²) >= 11 is 1.37. The van der Waals surface area contributed by atoms with E-state index in [9.17, 15) is 4.79 Å². The van der Waals surface area contributed by atoms with Crippen molar-refractivity contribution in [3.8, 4) is 5.75 Å². The highest BCUT2D eigenvalue weighted by Crippen LogP contribution is 2.12. The molecule has 0 aliphatic heterocycles. The average molecular weight is 293 g/mol. The fourth-order valence-electron chi connectivity index (χ4n) is 1.47. The molecule has 20 heavy (non-hydrogen) atoms. The predicted molar refractivity (Wildman–Crippen MR) is 75.4 cm³/mol. The molecule has 2 rings (SSSR count). The number of carbonyl (C=O) groups excluding carboxylic acids is 1. The standard InChI is InChI=1S/C12H15N5O2S/c13-12-17-16-11(20-12)4-2-6-15-10(18)8-19-9-3-1-5-14-7-9/h1,3,5,7H,2,4,6,8H2,(H2,13,17)(H,15,18). The van der Waals surface area contributed by atoms with E-state index in [2.05, 4.69) is 20.5 Å². The van der Waals surface area contributed by atoms with Crippen molar-refractivity contribution in [3.63, 3.8) is 0 Å². The molecule has 106 valence electrons. The second-order valence-corrected chi connectivity index (χ2v) is 5.06. The van der Waals surface area contributed by atoms with Crippen molar-refractivity contribution in [1.29, 1.82) is 0 Å². The molecule has 3 N–H and O–H groups in total. The van der Waals surface area contributed by atoms with Crippen molar-refractivity contribution < 1.29 is 9.53 Å². The van der Waals surface area contributed by atoms with Gasteiger partial charge < -0.3 is 15.8 Å². The minimum atomic E-state index is -0.161. The molecule has 1 amide bonds. The minimum Gasteiger partial charge on any atom is -0.482 e. The molecule has 0 spiro atoms. The van der Waals surface area contributed by atoms with Gasteiger partial charge in [0.05, 0.1) is 6.20 Å². The number of amides is 1. The Kier molecular flexibility index (Phi) is 5.24. The topological polar surface area (TPSA) is 103 Å². The van der Waals surface area contributed by atoms with Crippen LogP contribution in [0.1, 0.15) is 11.4 Å². The maximum absolute atomic E-state index is 11.5. The lowest BCUT2D eigenvalue weighted by atomic mass is 10.3. The Bertz CT molecular complexity index is 546. The zero-order valence-electron chi connectivity index (χ0n) is 10.8. The fourth-order valence-corrected chi connectivity index (χ4v) is 2.12. The number of aromatic nitrogens is 3. The van der Waals surface area contributed by atoms with E-state index in [4.69, 9.17) is 10.5 Å². The van der Waals surface area contributed by atoms with E-state index in [1.807, 2.05) is 0 Å². The molecular weight excluding hydrogens is 278 g/mol. The number of aryl methyl sites for hydroxylation is 1. The summed E-state index contributed by atoms with van der Waals surface area (Å²) in [5.41, 5.74) is 5.48. The molecule has 0 fully saturated rings. The first-order valence-corrected chi connectivity index (χ1v) is 6.93. The van der Waals surface area contributed by atoms with Gasteiger partial charge in [-0.3, -0.25) is 9.78 Å². The van der Waals surface area contributed by atoms with Crippen molar-refractivity contribution in [2.24, 2.45) is 0 Å². The van der Waals surface area contributed by atoms with Crippen molar-refractivity contribution >= 4 is 22.4 Å². The number of nitrogens with two attached hydrogens (primary N) is 1. The van der Waals surface area contributed by atoms with Crippen LogP contribution in [0, 0.1) is 0 Å². The van der Waals surface area contributed by atoms with Gasteiger partial charge in [-0.05, 0) is 18.6 Å². The molecule has 0 saturated carbocycles. The number of hydrogen-bond donors (Lipinski definition) is 2. The lowest BCUT2D eigenvalue weighted by Gasteiger charge is -2.06. The van der Waals surface area contributed by atoms with Gasteiger partial charge in [0.25, 0.3) is 5.91 Å². The van der Waals surface area contributed by atoms with Crippen LogP contribution in [-0.2, 0) is 11.2 Å². The van der Waals surface area contributed by atoms with Crippen molar-refractivity contribution in [3.05, 3.63) is 29.5 Å². The van der Waals surface area contributed by atoms with Crippen LogP contribution in [0.15, 0.2) is 24.5 Å². The number of anilines is 1. The highest BCUT2D eigenvalue weighted by Gasteiger charge is 2.04. The third-order valence-corrected chi connectivity index (χ3v) is 3.19. The maximum atomic E-state index is 11.5. The van der Waals surface area contributed by atoms with E-state index >= 15 is 0 Å². The largest absolute Gasteiger partial charge is 0.482 e. The Balaban J connectivity index is 1.58. The van der Waals surface area contributed by atoms with Gasteiger partial charge in [-0.2, -0.15) is 0 Å². The molecule has 2 aromatic rings. The van der Waals surface area contributed by atoms with Gasteiger partial charge >= 0.3 is 0 Å². The first-order valence-electron chi connectivity index (χ1n) is 6.11. The van der Waals surface area contributed by atoms with E-state index in [-0.39, 0.29) is 12.5 Å². The van der Waals surface area contributed by atoms with Gasteiger partial charge in [-0.15, -0.1) is 10.2 Å². The van der Waals surface area contributed by atoms with Crippen LogP contribution in [-0.4, -0.2) is 34.2 Å². The third kappa shape index (κ3) is 4.81. The van der Waals surface area contributed by atoms with E-state index < -0.39 is 0 Å². The molecule has 0 unspecified atom stereocenters. The smallest absolute Gasteiger partial charge is 0.257 e. The van der Waals surface area contributed by atoms with E-state index in [0.29, 0.717) is 17.4 Å². The minimum absolute atomic E-state index is 0.0164. The maximum Gasteiger partial charge on any atom is 0.257 e. The number of rotatable bonds is 7. The summed E-state index contributed by atoms with van der Waals surface area (Å²) in [6.45, 7) is 0.548. The van der Waals surface area contributed by atoms with Gasteiger partial charge in [0, 0.05) is 19.2 Å². The van der Waals surface area contributed by atoms with E-state index in [1.54, 1.807) is 24.5 Å². The summed E-state index contributed by atoms with van der Waals surface area (Å²) in [5, 5.41) is 11.7. The summed E-state index contributed by atoms with van der Waals surface area (Å²) in [4.78, 5) is 15.4. The summed E-state index contributed by atoms with van der Waals surface area (Å²) in [6.07, 6.45) is 4.74. The van der Waals surface area contributed by atoms with Crippen LogP contribution in [0.25, 0.3) is 0 Å². The number of hydrogen-bond acceptors (Lipinski definition) is 7. The Labute approximate surface area is 120 Å². The first-order chi connectivity index (χ1) is 9.74. The molecule has 0 saturated heterocycles. The lowest BCUT2D eigenvalue weighted by molar-refractivity contribution is -0.123. The van der Waals surface area contributed by atoms with Gasteiger partial charge in [0.2, 0.25) is 5.13 Å². The molecule has 2 heterocycles. The summed E-state index contributed by atoms with van der Waals surface area (Å²) in [7, 11) is 0. The predicted octanol–water partition coefficient (Wildman–Crippen LogP) is 0.643. The lowest BCUT2D eigenvalue weighted by Crippen LogP contribution is -2.29. The van der Waals surface area contributed by atoms with E-state index in [1.165, 1.54) is 11.3 Å². The number of pyridine rings is 1. The molecular formula is C12H15N5O2S. The second-order valence-electron chi connectivity index (χ2n) is 3.96. The van der Waals surface area contributed by atoms with Crippen molar-refractivity contribution in [2.45, 2.75) is 12.8 Å². The highest BCUT2D eigenvalue weighted by atomic mass is 32.1. The first kappa shape index (κ1) is 14.2. The van der Waals surface area contributed by atoms with Crippen LogP contribution >= 0.6 is 11.3 Å². The van der Waals surface area contributed by atoms with Crippen molar-refractivity contribution in [1.82, 2.24) is 20.5 Å². The fraction of sp³-hybridized carbons (Fsp3) is 0.333. The average Bonchev–Trinajstić information content (AvgIpc) is 2.88. The zero-order valence-corrected chi connectivity index (χ0v) is 11.6. The molecule has 0 radical (unpaired) electrons. The number of nitrogens with one attached hydrogen (secondary N) is 1. The van der Waals surface area contributed by atoms with Crippen LogP contribution in [0.2, 0.25) is 0 Å². The molecule has 0 aliphatic rings. The monoisotopic (exact) mass is 293 g/mol. The van der Waals surface area contributed by atoms with Gasteiger partial charge in [-0.1, -0.05) is 11.3 Å². The normalized spacial score (nSPS) is 10.2. The Morgan fingerprint density at radius 3 is 3.05 bits per heavy atom. The van der Waals surface area contributed by atoms with Gasteiger partial charge in [0.1, 0.15) is 10.8 Å². The van der Waals surface area contributed by atoms with Gasteiger partial charge in [-0.25, -0.2) is 0 Å². The highest BCUT2D eigenvalue weighted by molar-refractivity contribution is 7.15. The third-order valence-electron chi connectivity index (χ3n) is 2.38. The quantitative estimate of drug-likeness (QED) is 0.726. The summed E-state index contributed by atoms with van der Waals surface area (Å²) in [6, 6.07) is 3.50. The van der Waals surface area contributed by atoms with Crippen LogP contribution in [0.5, 0.6) is 5.75 Å². The molecule has 2 aromatic heterocycles. The Morgan fingerprint density at radius 2 is 2.35 bits per heavy atom. The number of nitrogen functional groups attached to an aromatic ring is 1. The second kappa shape index (κ2) is 7.39. The number of ether oxygens (including phenoxy) is 1. The molecule has 0 aliphatic carbocycles. The van der Waals surface area contributed by atoms with Crippen molar-refractivity contribution in [2.75, 3.05) is 18.9 Å². The molecule has 8 heteroatoms. The molecule has 0 bridgehead atoms. The van der Waals surface area contributed by atoms with Crippen LogP contribution in [0.3, 0.4) is 0 Å². The van der Waals surface area contributed by atoms with E-state index in [0.717, 1.165) is 17.8 Å². The van der Waals surface area contributed by atoms with Crippen LogP contribution < -0.4 is 15.8 Å². The van der Waals surface area contributed by atoms with Gasteiger partial charge in [0.15, 0.2) is 6.61 Å². The molecule has 0 aromatic carbocycles. The number of nitrogens with zero attached hydrogens (tertiary/aromatic N) is 3. The summed E-state index contributed by atoms with van der Waals surface area (Å²) < 4.78 is 5.28. The van der Waals surface area contributed by atoms with Crippen LogP contribution in [0.4, 0.5) is 5.13 Å². The Hall–Kier alpha value is -2.22. The number of carbonyl (C=O) groups is 1. The zero-order chi connectivity index (χ0) is 14.2. The molecule has 0 atom stereocenters.